The van der Waals surface area contributed by atoms with Crippen LogP contribution >= 0.6 is 24.0 Å². The molecule has 0 radical (unpaired) electrons. The standard InChI is InChI=1S/C16H22ClFN2O.ClH/c17-14-9-5-8-13(15(14)18)16(21)20-11-10-19-12-6-3-1-2-4-7-12;/h5,8-9,12,19H,1-4,6-7,10-11H2,(H,20,21);1H. The molecule has 1 saturated carbocycles. The normalized spacial score (nSPS) is 15.7. The van der Waals surface area contributed by atoms with Crippen LogP contribution < -0.4 is 10.6 Å². The minimum absolute atomic E-state index is 0. The largest absolute Gasteiger partial charge is 0.351 e. The smallest absolute Gasteiger partial charge is 0.254 e. The third-order valence-corrected chi connectivity index (χ3v) is 4.19. The lowest BCUT2D eigenvalue weighted by molar-refractivity contribution is 0.0949. The van der Waals surface area contributed by atoms with Gasteiger partial charge < -0.3 is 10.6 Å². The van der Waals surface area contributed by atoms with Crippen molar-refractivity contribution in [2.75, 3.05) is 13.1 Å². The summed E-state index contributed by atoms with van der Waals surface area (Å²) in [6.45, 7) is 1.19. The zero-order valence-electron chi connectivity index (χ0n) is 12.5. The second-order valence-electron chi connectivity index (χ2n) is 5.50. The molecule has 0 aromatic heterocycles. The quantitative estimate of drug-likeness (QED) is 0.624. The lowest BCUT2D eigenvalue weighted by Gasteiger charge is -2.16. The molecule has 2 N–H and O–H groups in total. The van der Waals surface area contributed by atoms with Crippen LogP contribution in [0.4, 0.5) is 4.39 Å². The molecule has 1 aliphatic carbocycles. The van der Waals surface area contributed by atoms with Crippen molar-refractivity contribution in [2.24, 2.45) is 0 Å². The summed E-state index contributed by atoms with van der Waals surface area (Å²) in [6.07, 6.45) is 7.61. The van der Waals surface area contributed by atoms with Gasteiger partial charge in [0.15, 0.2) is 5.82 Å². The fraction of sp³-hybridized carbons (Fsp3) is 0.562. The maximum atomic E-state index is 13.7. The third kappa shape index (κ3) is 5.75. The molecule has 124 valence electrons. The van der Waals surface area contributed by atoms with Crippen LogP contribution in [0.25, 0.3) is 0 Å². The lowest BCUT2D eigenvalue weighted by atomic mass is 10.1. The van der Waals surface area contributed by atoms with Crippen molar-refractivity contribution in [2.45, 2.75) is 44.6 Å². The van der Waals surface area contributed by atoms with Gasteiger partial charge in [0.2, 0.25) is 0 Å². The minimum Gasteiger partial charge on any atom is -0.351 e. The first-order valence-electron chi connectivity index (χ1n) is 7.64. The van der Waals surface area contributed by atoms with E-state index in [9.17, 15) is 9.18 Å². The first kappa shape index (κ1) is 19.2. The molecular formula is C16H23Cl2FN2O. The van der Waals surface area contributed by atoms with E-state index in [-0.39, 0.29) is 23.0 Å². The number of nitrogens with one attached hydrogen (secondary N) is 2. The highest BCUT2D eigenvalue weighted by Gasteiger charge is 2.14. The minimum atomic E-state index is -0.659. The number of benzene rings is 1. The summed E-state index contributed by atoms with van der Waals surface area (Å²) >= 11 is 5.67. The zero-order valence-corrected chi connectivity index (χ0v) is 14.1. The predicted molar refractivity (Wildman–Crippen MR) is 90.5 cm³/mol. The Morgan fingerprint density at radius 3 is 2.55 bits per heavy atom. The Morgan fingerprint density at radius 1 is 1.18 bits per heavy atom. The molecule has 0 saturated heterocycles. The zero-order chi connectivity index (χ0) is 15.1. The van der Waals surface area contributed by atoms with Crippen LogP contribution in [0.15, 0.2) is 18.2 Å². The second-order valence-corrected chi connectivity index (χ2v) is 5.91. The molecule has 3 nitrogen and oxygen atoms in total. The monoisotopic (exact) mass is 348 g/mol. The van der Waals surface area contributed by atoms with Crippen molar-refractivity contribution in [1.82, 2.24) is 10.6 Å². The van der Waals surface area contributed by atoms with Crippen LogP contribution in [0.5, 0.6) is 0 Å². The van der Waals surface area contributed by atoms with Gasteiger partial charge in [0, 0.05) is 19.1 Å². The van der Waals surface area contributed by atoms with E-state index in [1.807, 2.05) is 0 Å². The first-order chi connectivity index (χ1) is 10.2. The highest BCUT2D eigenvalue weighted by molar-refractivity contribution is 6.31. The van der Waals surface area contributed by atoms with Gasteiger partial charge in [-0.3, -0.25) is 4.79 Å². The van der Waals surface area contributed by atoms with Crippen molar-refractivity contribution in [3.8, 4) is 0 Å². The van der Waals surface area contributed by atoms with Crippen molar-refractivity contribution in [1.29, 1.82) is 0 Å². The van der Waals surface area contributed by atoms with Crippen molar-refractivity contribution >= 4 is 29.9 Å². The Kier molecular flexibility index (Phi) is 8.76. The summed E-state index contributed by atoms with van der Waals surface area (Å²) in [6, 6.07) is 4.99. The highest BCUT2D eigenvalue weighted by atomic mass is 35.5. The molecule has 0 aliphatic heterocycles. The summed E-state index contributed by atoms with van der Waals surface area (Å²) < 4.78 is 13.7. The van der Waals surface area contributed by atoms with E-state index in [1.54, 1.807) is 6.07 Å². The van der Waals surface area contributed by atoms with Gasteiger partial charge in [0.05, 0.1) is 10.6 Å². The van der Waals surface area contributed by atoms with Gasteiger partial charge in [-0.1, -0.05) is 43.4 Å². The summed E-state index contributed by atoms with van der Waals surface area (Å²) in [5.41, 5.74) is -0.00281. The topological polar surface area (TPSA) is 41.1 Å². The van der Waals surface area contributed by atoms with E-state index < -0.39 is 11.7 Å². The molecule has 0 heterocycles. The SMILES string of the molecule is Cl.O=C(NCCNC1CCCCCC1)c1cccc(Cl)c1F. The van der Waals surface area contributed by atoms with E-state index in [0.29, 0.717) is 19.1 Å². The first-order valence-corrected chi connectivity index (χ1v) is 8.02. The van der Waals surface area contributed by atoms with E-state index in [0.717, 1.165) is 0 Å². The third-order valence-electron chi connectivity index (χ3n) is 3.89. The number of hydrogen-bond acceptors (Lipinski definition) is 2. The van der Waals surface area contributed by atoms with Gasteiger partial charge in [-0.25, -0.2) is 4.39 Å². The maximum absolute atomic E-state index is 13.7. The van der Waals surface area contributed by atoms with Crippen molar-refractivity contribution in [3.63, 3.8) is 0 Å². The molecule has 1 aromatic rings. The number of rotatable bonds is 5. The van der Waals surface area contributed by atoms with Gasteiger partial charge in [-0.05, 0) is 25.0 Å². The van der Waals surface area contributed by atoms with Crippen molar-refractivity contribution in [3.05, 3.63) is 34.6 Å². The average Bonchev–Trinajstić information content (AvgIpc) is 2.75. The molecule has 22 heavy (non-hydrogen) atoms. The second kappa shape index (κ2) is 10.0. The van der Waals surface area contributed by atoms with Crippen molar-refractivity contribution < 1.29 is 9.18 Å². The molecule has 0 spiro atoms. The molecule has 2 rings (SSSR count). The average molecular weight is 349 g/mol. The highest BCUT2D eigenvalue weighted by Crippen LogP contribution is 2.18. The van der Waals surface area contributed by atoms with Gasteiger partial charge >= 0.3 is 0 Å². The number of hydrogen-bond donors (Lipinski definition) is 2. The Hall–Kier alpha value is -0.840. The summed E-state index contributed by atoms with van der Waals surface area (Å²) in [5.74, 6) is -1.08. The molecule has 0 unspecified atom stereocenters. The fourth-order valence-corrected chi connectivity index (χ4v) is 2.88. The van der Waals surface area contributed by atoms with Gasteiger partial charge in [-0.2, -0.15) is 0 Å². The Labute approximate surface area is 142 Å². The Morgan fingerprint density at radius 2 is 1.86 bits per heavy atom. The van der Waals surface area contributed by atoms with Crippen LogP contribution in [0, 0.1) is 5.82 Å². The number of halogens is 3. The Balaban J connectivity index is 0.00000242. The van der Waals surface area contributed by atoms with Crippen LogP contribution in [-0.4, -0.2) is 25.0 Å². The molecule has 1 aliphatic rings. The van der Waals surface area contributed by atoms with E-state index in [2.05, 4.69) is 10.6 Å². The van der Waals surface area contributed by atoms with E-state index in [1.165, 1.54) is 50.7 Å². The summed E-state index contributed by atoms with van der Waals surface area (Å²) in [7, 11) is 0. The molecule has 6 heteroatoms. The maximum Gasteiger partial charge on any atom is 0.254 e. The summed E-state index contributed by atoms with van der Waals surface area (Å²) in [5, 5.41) is 6.15. The molecular weight excluding hydrogens is 326 g/mol. The molecule has 1 fully saturated rings. The number of carbonyl (C=O) groups excluding carboxylic acids is 1. The molecule has 0 atom stereocenters. The van der Waals surface area contributed by atoms with Gasteiger partial charge in [0.1, 0.15) is 0 Å². The van der Waals surface area contributed by atoms with Crippen LogP contribution in [-0.2, 0) is 0 Å². The summed E-state index contributed by atoms with van der Waals surface area (Å²) in [4.78, 5) is 11.9. The number of carbonyl (C=O) groups is 1. The fourth-order valence-electron chi connectivity index (χ4n) is 2.71. The van der Waals surface area contributed by atoms with Crippen LogP contribution in [0.1, 0.15) is 48.9 Å². The number of amides is 1. The van der Waals surface area contributed by atoms with Crippen LogP contribution in [0.3, 0.4) is 0 Å². The Bertz CT molecular complexity index is 477. The predicted octanol–water partition coefficient (Wildman–Crippen LogP) is 3.94. The van der Waals surface area contributed by atoms with E-state index >= 15 is 0 Å². The molecule has 1 amide bonds. The van der Waals surface area contributed by atoms with Gasteiger partial charge in [0.25, 0.3) is 5.91 Å². The van der Waals surface area contributed by atoms with Gasteiger partial charge in [-0.15, -0.1) is 12.4 Å². The molecule has 0 bridgehead atoms. The van der Waals surface area contributed by atoms with Crippen LogP contribution in [0.2, 0.25) is 5.02 Å². The van der Waals surface area contributed by atoms with E-state index in [4.69, 9.17) is 11.6 Å². The lowest BCUT2D eigenvalue weighted by Crippen LogP contribution is -2.37. The molecule has 1 aromatic carbocycles.